The first-order valence-electron chi connectivity index (χ1n) is 5.75. The summed E-state index contributed by atoms with van der Waals surface area (Å²) in [7, 11) is 0. The molecule has 0 atom stereocenters. The number of imidazole rings is 1. The number of benzene rings is 1. The zero-order valence-corrected chi connectivity index (χ0v) is 10.1. The van der Waals surface area contributed by atoms with Crippen molar-refractivity contribution in [2.24, 2.45) is 0 Å². The molecule has 1 aromatic heterocycles. The van der Waals surface area contributed by atoms with Crippen molar-refractivity contribution in [1.82, 2.24) is 9.55 Å². The Bertz CT molecular complexity index is 585. The molecule has 18 heavy (non-hydrogen) atoms. The molecule has 0 unspecified atom stereocenters. The van der Waals surface area contributed by atoms with Gasteiger partial charge in [0.1, 0.15) is 5.82 Å². The zero-order valence-electron chi connectivity index (χ0n) is 10.1. The van der Waals surface area contributed by atoms with Gasteiger partial charge in [-0.2, -0.15) is 0 Å². The average Bonchev–Trinajstić information content (AvgIpc) is 2.84. The Hall–Kier alpha value is -2.36. The van der Waals surface area contributed by atoms with Gasteiger partial charge in [-0.25, -0.2) is 9.78 Å². The molecular weight excluding hydrogens is 228 g/mol. The van der Waals surface area contributed by atoms with Gasteiger partial charge in [0.25, 0.3) is 0 Å². The first kappa shape index (κ1) is 12.1. The second-order valence-corrected chi connectivity index (χ2v) is 3.80. The van der Waals surface area contributed by atoms with E-state index in [1.165, 1.54) is 0 Å². The summed E-state index contributed by atoms with van der Waals surface area (Å²) in [4.78, 5) is 14.9. The summed E-state index contributed by atoms with van der Waals surface area (Å²) in [6.45, 7) is 2.04. The van der Waals surface area contributed by atoms with E-state index in [0.29, 0.717) is 0 Å². The maximum Gasteiger partial charge on any atom is 0.328 e. The van der Waals surface area contributed by atoms with Crippen molar-refractivity contribution in [2.75, 3.05) is 0 Å². The number of aliphatic carboxylic acids is 1. The number of para-hydroxylation sites is 1. The first-order chi connectivity index (χ1) is 8.72. The minimum atomic E-state index is -0.953. The van der Waals surface area contributed by atoms with Gasteiger partial charge in [-0.15, -0.1) is 0 Å². The van der Waals surface area contributed by atoms with Crippen LogP contribution in [-0.2, 0) is 11.2 Å². The van der Waals surface area contributed by atoms with Gasteiger partial charge in [-0.1, -0.05) is 25.1 Å². The van der Waals surface area contributed by atoms with Crippen LogP contribution >= 0.6 is 0 Å². The summed E-state index contributed by atoms with van der Waals surface area (Å²) in [6.07, 6.45) is 7.19. The minimum absolute atomic E-state index is 0.823. The molecule has 0 radical (unpaired) electrons. The average molecular weight is 242 g/mol. The summed E-state index contributed by atoms with van der Waals surface area (Å²) in [5.41, 5.74) is 1.79. The lowest BCUT2D eigenvalue weighted by Crippen LogP contribution is -2.01. The van der Waals surface area contributed by atoms with Gasteiger partial charge in [0, 0.05) is 24.9 Å². The van der Waals surface area contributed by atoms with Crippen molar-refractivity contribution in [3.8, 4) is 5.69 Å². The third-order valence-corrected chi connectivity index (χ3v) is 2.64. The van der Waals surface area contributed by atoms with E-state index in [-0.39, 0.29) is 0 Å². The number of nitrogens with zero attached hydrogens (tertiary/aromatic N) is 2. The van der Waals surface area contributed by atoms with E-state index < -0.39 is 5.97 Å². The second kappa shape index (κ2) is 5.31. The van der Waals surface area contributed by atoms with Crippen LogP contribution in [0, 0.1) is 0 Å². The molecule has 0 aliphatic heterocycles. The molecule has 2 rings (SSSR count). The molecule has 0 amide bonds. The number of carboxylic acid groups (broad SMARTS) is 1. The topological polar surface area (TPSA) is 55.1 Å². The second-order valence-electron chi connectivity index (χ2n) is 3.80. The van der Waals surface area contributed by atoms with Crippen LogP contribution in [-0.4, -0.2) is 20.6 Å². The van der Waals surface area contributed by atoms with Gasteiger partial charge < -0.3 is 9.67 Å². The lowest BCUT2D eigenvalue weighted by atomic mass is 10.1. The molecule has 0 saturated heterocycles. The van der Waals surface area contributed by atoms with Crippen LogP contribution in [0.5, 0.6) is 0 Å². The number of hydrogen-bond donors (Lipinski definition) is 1. The van der Waals surface area contributed by atoms with Crippen LogP contribution in [0.25, 0.3) is 11.8 Å². The molecule has 0 fully saturated rings. The molecule has 4 nitrogen and oxygen atoms in total. The van der Waals surface area contributed by atoms with Gasteiger partial charge in [0.15, 0.2) is 0 Å². The number of carboxylic acids is 1. The standard InChI is InChI=1S/C14H14N2O2/c1-2-13-15-9-10-16(13)12-6-4-3-5-11(12)7-8-14(17)18/h3-10H,2H2,1H3,(H,17,18)/b8-7+. The molecule has 0 bridgehead atoms. The Kier molecular flexibility index (Phi) is 3.57. The van der Waals surface area contributed by atoms with Crippen molar-refractivity contribution in [3.63, 3.8) is 0 Å². The maximum absolute atomic E-state index is 10.6. The van der Waals surface area contributed by atoms with E-state index in [0.717, 1.165) is 29.6 Å². The van der Waals surface area contributed by atoms with Gasteiger partial charge >= 0.3 is 5.97 Å². The highest BCUT2D eigenvalue weighted by Crippen LogP contribution is 2.18. The first-order valence-corrected chi connectivity index (χ1v) is 5.75. The fraction of sp³-hybridized carbons (Fsp3) is 0.143. The van der Waals surface area contributed by atoms with Crippen molar-refractivity contribution in [3.05, 3.63) is 54.1 Å². The van der Waals surface area contributed by atoms with Gasteiger partial charge in [0.05, 0.1) is 5.69 Å². The summed E-state index contributed by atoms with van der Waals surface area (Å²) in [5.74, 6) is -0.00248. The molecule has 4 heteroatoms. The SMILES string of the molecule is CCc1nccn1-c1ccccc1/C=C/C(=O)O. The molecule has 0 saturated carbocycles. The van der Waals surface area contributed by atoms with Gasteiger partial charge in [-0.3, -0.25) is 0 Å². The van der Waals surface area contributed by atoms with Crippen LogP contribution in [0.3, 0.4) is 0 Å². The van der Waals surface area contributed by atoms with Crippen molar-refractivity contribution in [2.45, 2.75) is 13.3 Å². The lowest BCUT2D eigenvalue weighted by molar-refractivity contribution is -0.131. The molecule has 1 heterocycles. The minimum Gasteiger partial charge on any atom is -0.478 e. The van der Waals surface area contributed by atoms with Gasteiger partial charge in [-0.05, 0) is 17.7 Å². The number of rotatable bonds is 4. The van der Waals surface area contributed by atoms with E-state index in [1.54, 1.807) is 12.3 Å². The predicted molar refractivity (Wildman–Crippen MR) is 69.6 cm³/mol. The largest absolute Gasteiger partial charge is 0.478 e. The highest BCUT2D eigenvalue weighted by Gasteiger charge is 2.06. The smallest absolute Gasteiger partial charge is 0.328 e. The maximum atomic E-state index is 10.6. The zero-order chi connectivity index (χ0) is 13.0. The third-order valence-electron chi connectivity index (χ3n) is 2.64. The Labute approximate surface area is 105 Å². The fourth-order valence-electron chi connectivity index (χ4n) is 1.82. The highest BCUT2D eigenvalue weighted by atomic mass is 16.4. The highest BCUT2D eigenvalue weighted by molar-refractivity contribution is 5.86. The Morgan fingerprint density at radius 1 is 1.44 bits per heavy atom. The van der Waals surface area contributed by atoms with Crippen LogP contribution in [0.15, 0.2) is 42.7 Å². The quantitative estimate of drug-likeness (QED) is 0.838. The normalized spacial score (nSPS) is 10.9. The Balaban J connectivity index is 2.48. The van der Waals surface area contributed by atoms with E-state index in [1.807, 2.05) is 42.0 Å². The summed E-state index contributed by atoms with van der Waals surface area (Å²) in [6, 6.07) is 7.64. The number of carbonyl (C=O) groups is 1. The summed E-state index contributed by atoms with van der Waals surface area (Å²) < 4.78 is 1.97. The summed E-state index contributed by atoms with van der Waals surface area (Å²) >= 11 is 0. The molecule has 1 aromatic carbocycles. The molecule has 0 aliphatic carbocycles. The van der Waals surface area contributed by atoms with E-state index in [2.05, 4.69) is 4.98 Å². The van der Waals surface area contributed by atoms with Gasteiger partial charge in [0.2, 0.25) is 0 Å². The molecule has 0 spiro atoms. The molecule has 2 aromatic rings. The van der Waals surface area contributed by atoms with Crippen molar-refractivity contribution >= 4 is 12.0 Å². The Morgan fingerprint density at radius 2 is 2.22 bits per heavy atom. The molecular formula is C14H14N2O2. The van der Waals surface area contributed by atoms with Crippen LogP contribution in [0.2, 0.25) is 0 Å². The van der Waals surface area contributed by atoms with Crippen LogP contribution in [0.4, 0.5) is 0 Å². The number of aryl methyl sites for hydroxylation is 1. The summed E-state index contributed by atoms with van der Waals surface area (Å²) in [5, 5.41) is 8.69. The van der Waals surface area contributed by atoms with Crippen molar-refractivity contribution < 1.29 is 9.90 Å². The lowest BCUT2D eigenvalue weighted by Gasteiger charge is -2.09. The van der Waals surface area contributed by atoms with E-state index >= 15 is 0 Å². The monoisotopic (exact) mass is 242 g/mol. The van der Waals surface area contributed by atoms with Crippen LogP contribution in [0.1, 0.15) is 18.3 Å². The number of aromatic nitrogens is 2. The predicted octanol–water partition coefficient (Wildman–Crippen LogP) is 2.53. The fourth-order valence-corrected chi connectivity index (χ4v) is 1.82. The molecule has 0 aliphatic rings. The molecule has 1 N–H and O–H groups in total. The number of hydrogen-bond acceptors (Lipinski definition) is 2. The third kappa shape index (κ3) is 2.48. The van der Waals surface area contributed by atoms with E-state index in [4.69, 9.17) is 5.11 Å². The van der Waals surface area contributed by atoms with E-state index in [9.17, 15) is 4.79 Å². The van der Waals surface area contributed by atoms with Crippen molar-refractivity contribution in [1.29, 1.82) is 0 Å². The Morgan fingerprint density at radius 3 is 2.94 bits per heavy atom. The molecule has 92 valence electrons. The van der Waals surface area contributed by atoms with Crippen LogP contribution < -0.4 is 0 Å².